The van der Waals surface area contributed by atoms with Gasteiger partial charge in [-0.05, 0) is 6.42 Å². The SMILES string of the molecule is COC(=O)C1CCN(C(=O)NC(CC(N)=O)C(=O)O)C1. The molecule has 1 saturated heterocycles. The van der Waals surface area contributed by atoms with Gasteiger partial charge in [-0.25, -0.2) is 9.59 Å². The number of esters is 1. The van der Waals surface area contributed by atoms with E-state index < -0.39 is 42.3 Å². The first-order valence-electron chi connectivity index (χ1n) is 5.99. The molecule has 1 aliphatic heterocycles. The van der Waals surface area contributed by atoms with Crippen molar-refractivity contribution in [1.82, 2.24) is 10.2 Å². The summed E-state index contributed by atoms with van der Waals surface area (Å²) in [5, 5.41) is 11.1. The number of carboxylic acid groups (broad SMARTS) is 1. The fraction of sp³-hybridized carbons (Fsp3) is 0.636. The molecule has 0 aromatic heterocycles. The van der Waals surface area contributed by atoms with Crippen molar-refractivity contribution in [3.05, 3.63) is 0 Å². The Kier molecular flexibility index (Phi) is 5.30. The zero-order valence-corrected chi connectivity index (χ0v) is 11.0. The molecule has 2 unspecified atom stereocenters. The van der Waals surface area contributed by atoms with E-state index in [-0.39, 0.29) is 6.54 Å². The van der Waals surface area contributed by atoms with Crippen molar-refractivity contribution in [2.24, 2.45) is 11.7 Å². The summed E-state index contributed by atoms with van der Waals surface area (Å²) in [6.45, 7) is 0.468. The second-order valence-corrected chi connectivity index (χ2v) is 4.47. The lowest BCUT2D eigenvalue weighted by atomic mass is 10.1. The van der Waals surface area contributed by atoms with Crippen LogP contribution in [0.2, 0.25) is 0 Å². The number of aliphatic carboxylic acids is 1. The highest BCUT2D eigenvalue weighted by Crippen LogP contribution is 2.17. The molecule has 112 valence electrons. The molecular weight excluding hydrogens is 270 g/mol. The lowest BCUT2D eigenvalue weighted by Gasteiger charge is -2.20. The summed E-state index contributed by atoms with van der Waals surface area (Å²) >= 11 is 0. The van der Waals surface area contributed by atoms with Crippen LogP contribution in [0.15, 0.2) is 0 Å². The van der Waals surface area contributed by atoms with Crippen LogP contribution in [0.3, 0.4) is 0 Å². The van der Waals surface area contributed by atoms with Gasteiger partial charge in [0.05, 0.1) is 19.4 Å². The second-order valence-electron chi connectivity index (χ2n) is 4.47. The van der Waals surface area contributed by atoms with Gasteiger partial charge >= 0.3 is 18.0 Å². The molecule has 1 aliphatic rings. The van der Waals surface area contributed by atoms with Crippen LogP contribution in [0.25, 0.3) is 0 Å². The molecule has 9 heteroatoms. The average molecular weight is 287 g/mol. The molecule has 9 nitrogen and oxygen atoms in total. The molecule has 0 aromatic carbocycles. The highest BCUT2D eigenvalue weighted by atomic mass is 16.5. The lowest BCUT2D eigenvalue weighted by molar-refractivity contribution is -0.145. The highest BCUT2D eigenvalue weighted by molar-refractivity contribution is 5.88. The highest BCUT2D eigenvalue weighted by Gasteiger charge is 2.33. The number of methoxy groups -OCH3 is 1. The number of ether oxygens (including phenoxy) is 1. The van der Waals surface area contributed by atoms with E-state index in [4.69, 9.17) is 10.8 Å². The lowest BCUT2D eigenvalue weighted by Crippen LogP contribution is -2.48. The van der Waals surface area contributed by atoms with Gasteiger partial charge in [0.1, 0.15) is 6.04 Å². The van der Waals surface area contributed by atoms with Crippen LogP contribution in [-0.2, 0) is 19.1 Å². The largest absolute Gasteiger partial charge is 0.480 e. The molecule has 0 saturated carbocycles. The van der Waals surface area contributed by atoms with Gasteiger partial charge in [0.15, 0.2) is 0 Å². The first kappa shape index (κ1) is 15.7. The fourth-order valence-electron chi connectivity index (χ4n) is 1.95. The zero-order chi connectivity index (χ0) is 15.3. The molecule has 0 bridgehead atoms. The third-order valence-electron chi connectivity index (χ3n) is 3.01. The molecule has 0 spiro atoms. The van der Waals surface area contributed by atoms with Crippen molar-refractivity contribution in [1.29, 1.82) is 0 Å². The van der Waals surface area contributed by atoms with E-state index in [1.165, 1.54) is 12.0 Å². The van der Waals surface area contributed by atoms with Crippen molar-refractivity contribution in [2.45, 2.75) is 18.9 Å². The molecule has 0 radical (unpaired) electrons. The number of hydrogen-bond acceptors (Lipinski definition) is 5. The standard InChI is InChI=1S/C11H17N3O6/c1-20-10(18)6-2-3-14(5-6)11(19)13-7(9(16)17)4-8(12)15/h6-7H,2-5H2,1H3,(H2,12,15)(H,13,19)(H,16,17). The number of nitrogens with zero attached hydrogens (tertiary/aromatic N) is 1. The molecule has 1 rings (SSSR count). The van der Waals surface area contributed by atoms with Crippen LogP contribution in [-0.4, -0.2) is 60.1 Å². The van der Waals surface area contributed by atoms with Gasteiger partial charge in [0.2, 0.25) is 5.91 Å². The number of urea groups is 1. The van der Waals surface area contributed by atoms with Crippen molar-refractivity contribution >= 4 is 23.9 Å². The van der Waals surface area contributed by atoms with Crippen LogP contribution in [0.1, 0.15) is 12.8 Å². The van der Waals surface area contributed by atoms with E-state index in [9.17, 15) is 19.2 Å². The van der Waals surface area contributed by atoms with Crippen molar-refractivity contribution in [3.8, 4) is 0 Å². The summed E-state index contributed by atoms with van der Waals surface area (Å²) in [6.07, 6.45) is -0.0387. The van der Waals surface area contributed by atoms with Gasteiger partial charge in [-0.3, -0.25) is 9.59 Å². The Hall–Kier alpha value is -2.32. The van der Waals surface area contributed by atoms with E-state index in [0.717, 1.165) is 0 Å². The number of carbonyl (C=O) groups excluding carboxylic acids is 3. The number of nitrogens with one attached hydrogen (secondary N) is 1. The number of carbonyl (C=O) groups is 4. The Morgan fingerprint density at radius 2 is 2.10 bits per heavy atom. The fourth-order valence-corrected chi connectivity index (χ4v) is 1.95. The zero-order valence-electron chi connectivity index (χ0n) is 11.0. The molecule has 1 heterocycles. The third kappa shape index (κ3) is 4.11. The normalized spacial score (nSPS) is 19.2. The molecule has 0 aliphatic carbocycles. The predicted molar refractivity (Wildman–Crippen MR) is 65.5 cm³/mol. The monoisotopic (exact) mass is 287 g/mol. The Bertz CT molecular complexity index is 424. The molecule has 20 heavy (non-hydrogen) atoms. The number of primary amides is 1. The summed E-state index contributed by atoms with van der Waals surface area (Å²) in [7, 11) is 1.26. The van der Waals surface area contributed by atoms with Crippen molar-refractivity contribution in [3.63, 3.8) is 0 Å². The number of likely N-dealkylation sites (tertiary alicyclic amines) is 1. The maximum absolute atomic E-state index is 11.8. The molecule has 0 aromatic rings. The maximum Gasteiger partial charge on any atom is 0.326 e. The Morgan fingerprint density at radius 1 is 1.45 bits per heavy atom. The van der Waals surface area contributed by atoms with Crippen molar-refractivity contribution in [2.75, 3.05) is 20.2 Å². The Balaban J connectivity index is 2.56. The number of nitrogens with two attached hydrogens (primary N) is 1. The van der Waals surface area contributed by atoms with Crippen LogP contribution in [0, 0.1) is 5.92 Å². The van der Waals surface area contributed by atoms with Gasteiger partial charge in [-0.1, -0.05) is 0 Å². The second kappa shape index (κ2) is 6.73. The van der Waals surface area contributed by atoms with E-state index in [2.05, 4.69) is 10.1 Å². The number of rotatable bonds is 5. The van der Waals surface area contributed by atoms with Gasteiger partial charge in [0, 0.05) is 13.1 Å². The number of amides is 3. The molecule has 2 atom stereocenters. The average Bonchev–Trinajstić information content (AvgIpc) is 2.85. The van der Waals surface area contributed by atoms with Crippen LogP contribution < -0.4 is 11.1 Å². The topological polar surface area (TPSA) is 139 Å². The van der Waals surface area contributed by atoms with Crippen LogP contribution in [0.4, 0.5) is 4.79 Å². The minimum absolute atomic E-state index is 0.154. The van der Waals surface area contributed by atoms with E-state index in [0.29, 0.717) is 13.0 Å². The third-order valence-corrected chi connectivity index (χ3v) is 3.01. The summed E-state index contributed by atoms with van der Waals surface area (Å²) in [6, 6.07) is -2.03. The van der Waals surface area contributed by atoms with Gasteiger partial charge in [-0.2, -0.15) is 0 Å². The molecule has 4 N–H and O–H groups in total. The quantitative estimate of drug-likeness (QED) is 0.527. The number of carboxylic acids is 1. The van der Waals surface area contributed by atoms with E-state index in [1.807, 2.05) is 0 Å². The summed E-state index contributed by atoms with van der Waals surface area (Å²) in [4.78, 5) is 46.1. The summed E-state index contributed by atoms with van der Waals surface area (Å²) in [5.41, 5.74) is 4.91. The van der Waals surface area contributed by atoms with E-state index >= 15 is 0 Å². The van der Waals surface area contributed by atoms with Gasteiger partial charge in [-0.15, -0.1) is 0 Å². The molecule has 3 amide bonds. The first-order valence-corrected chi connectivity index (χ1v) is 5.99. The Morgan fingerprint density at radius 3 is 2.60 bits per heavy atom. The summed E-state index contributed by atoms with van der Waals surface area (Å²) < 4.78 is 4.58. The first-order chi connectivity index (χ1) is 9.35. The molecular formula is C11H17N3O6. The maximum atomic E-state index is 11.8. The minimum atomic E-state index is -1.38. The smallest absolute Gasteiger partial charge is 0.326 e. The predicted octanol–water partition coefficient (Wildman–Crippen LogP) is -1.48. The minimum Gasteiger partial charge on any atom is -0.480 e. The van der Waals surface area contributed by atoms with Crippen LogP contribution >= 0.6 is 0 Å². The number of hydrogen-bond donors (Lipinski definition) is 3. The van der Waals surface area contributed by atoms with Crippen LogP contribution in [0.5, 0.6) is 0 Å². The Labute approximate surface area is 115 Å². The summed E-state index contributed by atoms with van der Waals surface area (Å²) in [5.74, 6) is -3.00. The molecule has 1 fully saturated rings. The van der Waals surface area contributed by atoms with Gasteiger partial charge in [0.25, 0.3) is 0 Å². The van der Waals surface area contributed by atoms with Crippen molar-refractivity contribution < 1.29 is 29.0 Å². The van der Waals surface area contributed by atoms with E-state index in [1.54, 1.807) is 0 Å². The van der Waals surface area contributed by atoms with Gasteiger partial charge < -0.3 is 25.8 Å².